The Balaban J connectivity index is 1.91. The standard InChI is InChI=1S/C20H20ClN3O3/c21-12-1-2-17-16(9-12)15-4-6-24(18(27)3-5-22)20(19(15)23-17)11-7-13(25)10-14(26)8-11/h1-2,7-10,20,23,25-26H,3-6,22H2. The number of aromatic amines is 1. The van der Waals surface area contributed by atoms with Crippen molar-refractivity contribution in [2.45, 2.75) is 18.9 Å². The normalized spacial score (nSPS) is 16.5. The second kappa shape index (κ2) is 6.79. The van der Waals surface area contributed by atoms with Crippen LogP contribution in [0.15, 0.2) is 36.4 Å². The van der Waals surface area contributed by atoms with Crippen molar-refractivity contribution in [2.24, 2.45) is 5.73 Å². The third kappa shape index (κ3) is 3.11. The number of hydrogen-bond acceptors (Lipinski definition) is 4. The van der Waals surface area contributed by atoms with E-state index in [1.165, 1.54) is 6.07 Å². The number of rotatable bonds is 3. The van der Waals surface area contributed by atoms with E-state index in [0.29, 0.717) is 23.6 Å². The molecule has 1 aromatic heterocycles. The van der Waals surface area contributed by atoms with Crippen molar-refractivity contribution in [3.8, 4) is 11.5 Å². The van der Waals surface area contributed by atoms with Crippen molar-refractivity contribution in [1.29, 1.82) is 0 Å². The molecule has 0 saturated heterocycles. The van der Waals surface area contributed by atoms with Gasteiger partial charge in [-0.25, -0.2) is 0 Å². The van der Waals surface area contributed by atoms with Crippen molar-refractivity contribution in [2.75, 3.05) is 13.1 Å². The molecule has 1 unspecified atom stereocenters. The molecule has 27 heavy (non-hydrogen) atoms. The highest BCUT2D eigenvalue weighted by Gasteiger charge is 2.34. The molecule has 3 aromatic rings. The first kappa shape index (κ1) is 17.7. The molecule has 1 aliphatic heterocycles. The molecule has 2 heterocycles. The molecule has 1 atom stereocenters. The van der Waals surface area contributed by atoms with Crippen LogP contribution < -0.4 is 5.73 Å². The number of carbonyl (C=O) groups is 1. The van der Waals surface area contributed by atoms with E-state index in [9.17, 15) is 15.0 Å². The highest BCUT2D eigenvalue weighted by atomic mass is 35.5. The van der Waals surface area contributed by atoms with Gasteiger partial charge < -0.3 is 25.8 Å². The highest BCUT2D eigenvalue weighted by molar-refractivity contribution is 6.31. The maximum absolute atomic E-state index is 12.7. The van der Waals surface area contributed by atoms with Crippen LogP contribution >= 0.6 is 11.6 Å². The number of nitrogens with one attached hydrogen (secondary N) is 1. The van der Waals surface area contributed by atoms with Crippen LogP contribution in [0.4, 0.5) is 0 Å². The van der Waals surface area contributed by atoms with Crippen LogP contribution in [0.2, 0.25) is 5.02 Å². The average Bonchev–Trinajstić information content (AvgIpc) is 2.98. The number of phenolic OH excluding ortho intramolecular Hbond substituents is 2. The average molecular weight is 386 g/mol. The number of phenols is 2. The SMILES string of the molecule is NCCC(=O)N1CCc2c([nH]c3ccc(Cl)cc23)C1c1cc(O)cc(O)c1. The number of nitrogens with zero attached hydrogens (tertiary/aromatic N) is 1. The fraction of sp³-hybridized carbons (Fsp3) is 0.250. The minimum atomic E-state index is -0.447. The molecule has 0 radical (unpaired) electrons. The fourth-order valence-corrected chi connectivity index (χ4v) is 4.09. The zero-order valence-corrected chi connectivity index (χ0v) is 15.3. The highest BCUT2D eigenvalue weighted by Crippen LogP contribution is 2.41. The van der Waals surface area contributed by atoms with E-state index in [4.69, 9.17) is 17.3 Å². The molecule has 0 saturated carbocycles. The Kier molecular flexibility index (Phi) is 4.45. The Morgan fingerprint density at radius 2 is 1.96 bits per heavy atom. The summed E-state index contributed by atoms with van der Waals surface area (Å²) in [7, 11) is 0. The summed E-state index contributed by atoms with van der Waals surface area (Å²) in [6.45, 7) is 0.787. The van der Waals surface area contributed by atoms with E-state index in [1.807, 2.05) is 18.2 Å². The first-order valence-corrected chi connectivity index (χ1v) is 9.18. The van der Waals surface area contributed by atoms with E-state index >= 15 is 0 Å². The number of H-pyrrole nitrogens is 1. The van der Waals surface area contributed by atoms with Crippen LogP contribution in [0.5, 0.6) is 11.5 Å². The van der Waals surface area contributed by atoms with E-state index in [0.717, 1.165) is 22.2 Å². The molecular formula is C20H20ClN3O3. The Bertz CT molecular complexity index is 1010. The van der Waals surface area contributed by atoms with E-state index in [1.54, 1.807) is 17.0 Å². The molecule has 5 N–H and O–H groups in total. The minimum Gasteiger partial charge on any atom is -0.508 e. The molecule has 0 bridgehead atoms. The largest absolute Gasteiger partial charge is 0.508 e. The number of fused-ring (bicyclic) bond motifs is 3. The minimum absolute atomic E-state index is 0.0532. The van der Waals surface area contributed by atoms with E-state index < -0.39 is 6.04 Å². The van der Waals surface area contributed by atoms with Gasteiger partial charge >= 0.3 is 0 Å². The molecule has 6 nitrogen and oxygen atoms in total. The summed E-state index contributed by atoms with van der Waals surface area (Å²) >= 11 is 6.17. The number of nitrogens with two attached hydrogens (primary N) is 1. The lowest BCUT2D eigenvalue weighted by Crippen LogP contribution is -2.41. The molecular weight excluding hydrogens is 366 g/mol. The van der Waals surface area contributed by atoms with Crippen molar-refractivity contribution in [3.63, 3.8) is 0 Å². The van der Waals surface area contributed by atoms with Crippen molar-refractivity contribution in [1.82, 2.24) is 9.88 Å². The van der Waals surface area contributed by atoms with Crippen LogP contribution in [-0.4, -0.2) is 39.1 Å². The Hall–Kier alpha value is -2.70. The Morgan fingerprint density at radius 3 is 2.67 bits per heavy atom. The molecule has 0 spiro atoms. The monoisotopic (exact) mass is 385 g/mol. The van der Waals surface area contributed by atoms with Gasteiger partial charge in [-0.15, -0.1) is 0 Å². The summed E-state index contributed by atoms with van der Waals surface area (Å²) in [6, 6.07) is 9.61. The van der Waals surface area contributed by atoms with Gasteiger partial charge in [0.05, 0.1) is 6.04 Å². The first-order valence-electron chi connectivity index (χ1n) is 8.80. The van der Waals surface area contributed by atoms with Gasteiger partial charge in [0, 0.05) is 47.2 Å². The zero-order valence-electron chi connectivity index (χ0n) is 14.6. The number of aromatic hydroxyl groups is 2. The predicted octanol–water partition coefficient (Wildman–Crippen LogP) is 3.06. The second-order valence-corrected chi connectivity index (χ2v) is 7.20. The first-order chi connectivity index (χ1) is 13.0. The van der Waals surface area contributed by atoms with Gasteiger partial charge in [-0.1, -0.05) is 11.6 Å². The molecule has 4 rings (SSSR count). The third-order valence-corrected chi connectivity index (χ3v) is 5.24. The summed E-state index contributed by atoms with van der Waals surface area (Å²) < 4.78 is 0. The maximum Gasteiger partial charge on any atom is 0.224 e. The lowest BCUT2D eigenvalue weighted by Gasteiger charge is -2.36. The Labute approximate surface area is 161 Å². The van der Waals surface area contributed by atoms with Crippen molar-refractivity contribution in [3.05, 3.63) is 58.2 Å². The summed E-state index contributed by atoms with van der Waals surface area (Å²) in [6.07, 6.45) is 0.927. The predicted molar refractivity (Wildman–Crippen MR) is 104 cm³/mol. The molecule has 2 aromatic carbocycles. The number of carbonyl (C=O) groups excluding carboxylic acids is 1. The zero-order chi connectivity index (χ0) is 19.1. The molecule has 1 aliphatic rings. The summed E-state index contributed by atoms with van der Waals surface area (Å²) in [5.74, 6) is -0.169. The van der Waals surface area contributed by atoms with Gasteiger partial charge in [0.2, 0.25) is 5.91 Å². The molecule has 1 amide bonds. The molecule has 140 valence electrons. The van der Waals surface area contributed by atoms with Crippen LogP contribution in [0.3, 0.4) is 0 Å². The van der Waals surface area contributed by atoms with Crippen LogP contribution in [0, 0.1) is 0 Å². The number of amides is 1. The van der Waals surface area contributed by atoms with Crippen LogP contribution in [0.1, 0.15) is 29.3 Å². The fourth-order valence-electron chi connectivity index (χ4n) is 3.92. The number of aromatic nitrogens is 1. The number of benzene rings is 2. The van der Waals surface area contributed by atoms with Crippen molar-refractivity contribution < 1.29 is 15.0 Å². The van der Waals surface area contributed by atoms with E-state index in [2.05, 4.69) is 4.98 Å². The molecule has 0 fully saturated rings. The smallest absolute Gasteiger partial charge is 0.224 e. The summed E-state index contributed by atoms with van der Waals surface area (Å²) in [4.78, 5) is 17.9. The molecule has 7 heteroatoms. The third-order valence-electron chi connectivity index (χ3n) is 5.01. The molecule has 0 aliphatic carbocycles. The van der Waals surface area contributed by atoms with E-state index in [-0.39, 0.29) is 30.4 Å². The van der Waals surface area contributed by atoms with Crippen molar-refractivity contribution >= 4 is 28.4 Å². The van der Waals surface area contributed by atoms with Gasteiger partial charge in [0.1, 0.15) is 11.5 Å². The quantitative estimate of drug-likeness (QED) is 0.556. The second-order valence-electron chi connectivity index (χ2n) is 6.77. The van der Waals surface area contributed by atoms with Gasteiger partial charge in [-0.05, 0) is 47.9 Å². The van der Waals surface area contributed by atoms with Crippen LogP contribution in [0.25, 0.3) is 10.9 Å². The van der Waals surface area contributed by atoms with Gasteiger partial charge in [0.15, 0.2) is 0 Å². The summed E-state index contributed by atoms with van der Waals surface area (Å²) in [5, 5.41) is 21.6. The van der Waals surface area contributed by atoms with Gasteiger partial charge in [-0.3, -0.25) is 4.79 Å². The lowest BCUT2D eigenvalue weighted by atomic mass is 9.91. The van der Waals surface area contributed by atoms with Gasteiger partial charge in [-0.2, -0.15) is 0 Å². The van der Waals surface area contributed by atoms with Crippen LogP contribution in [-0.2, 0) is 11.2 Å². The topological polar surface area (TPSA) is 103 Å². The maximum atomic E-state index is 12.7. The Morgan fingerprint density at radius 1 is 1.22 bits per heavy atom. The lowest BCUT2D eigenvalue weighted by molar-refractivity contribution is -0.133. The number of hydrogen-bond donors (Lipinski definition) is 4. The van der Waals surface area contributed by atoms with Gasteiger partial charge in [0.25, 0.3) is 0 Å². The number of halogens is 1. The summed E-state index contributed by atoms with van der Waals surface area (Å²) in [5.41, 5.74) is 9.13.